The number of carbonyl (C=O) groups is 1. The van der Waals surface area contributed by atoms with Crippen LogP contribution >= 0.6 is 0 Å². The number of fused-ring (bicyclic) bond motifs is 1. The number of amides is 1. The number of hydrogen-bond acceptors (Lipinski definition) is 3. The summed E-state index contributed by atoms with van der Waals surface area (Å²) in [4.78, 5) is 13.9. The van der Waals surface area contributed by atoms with E-state index in [1.165, 1.54) is 5.56 Å². The van der Waals surface area contributed by atoms with E-state index in [-0.39, 0.29) is 12.5 Å². The van der Waals surface area contributed by atoms with Crippen LogP contribution < -0.4 is 10.1 Å². The van der Waals surface area contributed by atoms with Crippen LogP contribution in [0, 0.1) is 0 Å². The summed E-state index contributed by atoms with van der Waals surface area (Å²) in [6.45, 7) is 2.95. The summed E-state index contributed by atoms with van der Waals surface area (Å²) in [7, 11) is 0. The molecule has 1 aromatic carbocycles. The average molecular weight is 260 g/mol. The minimum atomic E-state index is 0.110. The van der Waals surface area contributed by atoms with Gasteiger partial charge in [0.15, 0.2) is 6.61 Å². The van der Waals surface area contributed by atoms with Crippen molar-refractivity contribution in [3.8, 4) is 5.75 Å². The van der Waals surface area contributed by atoms with E-state index in [4.69, 9.17) is 4.74 Å². The Hall–Kier alpha value is -1.71. The number of likely N-dealkylation sites (tertiary alicyclic amines) is 1. The second kappa shape index (κ2) is 5.51. The summed E-state index contributed by atoms with van der Waals surface area (Å²) in [5.74, 6) is 0.969. The van der Waals surface area contributed by atoms with Gasteiger partial charge in [-0.25, -0.2) is 0 Å². The maximum Gasteiger partial charge on any atom is 0.260 e. The van der Waals surface area contributed by atoms with Gasteiger partial charge in [-0.3, -0.25) is 4.79 Å². The molecule has 0 radical (unpaired) electrons. The van der Waals surface area contributed by atoms with Crippen molar-refractivity contribution in [2.75, 3.05) is 31.6 Å². The first kappa shape index (κ1) is 12.3. The van der Waals surface area contributed by atoms with E-state index in [2.05, 4.69) is 11.4 Å². The number of anilines is 1. The predicted octanol–water partition coefficient (Wildman–Crippen LogP) is 2.05. The van der Waals surface area contributed by atoms with Gasteiger partial charge in [0, 0.05) is 30.9 Å². The summed E-state index contributed by atoms with van der Waals surface area (Å²) >= 11 is 0. The zero-order chi connectivity index (χ0) is 13.1. The molecule has 3 rings (SSSR count). The first-order valence-electron chi connectivity index (χ1n) is 7.11. The molecular weight excluding hydrogens is 240 g/mol. The van der Waals surface area contributed by atoms with Gasteiger partial charge in [-0.05, 0) is 37.8 Å². The zero-order valence-electron chi connectivity index (χ0n) is 11.2. The van der Waals surface area contributed by atoms with Crippen LogP contribution in [0.2, 0.25) is 0 Å². The normalized spacial score (nSPS) is 17.8. The van der Waals surface area contributed by atoms with E-state index in [0.29, 0.717) is 0 Å². The molecule has 1 fully saturated rings. The van der Waals surface area contributed by atoms with Crippen LogP contribution in [0.15, 0.2) is 18.2 Å². The van der Waals surface area contributed by atoms with Crippen LogP contribution in [-0.2, 0) is 11.2 Å². The first-order chi connectivity index (χ1) is 9.34. The molecule has 2 aliphatic heterocycles. The molecule has 0 saturated carbocycles. The number of benzene rings is 1. The maximum absolute atomic E-state index is 12.0. The molecule has 1 N–H and O–H groups in total. The van der Waals surface area contributed by atoms with Gasteiger partial charge < -0.3 is 15.0 Å². The largest absolute Gasteiger partial charge is 0.483 e. The Kier molecular flexibility index (Phi) is 3.58. The monoisotopic (exact) mass is 260 g/mol. The Bertz CT molecular complexity index is 467. The van der Waals surface area contributed by atoms with Crippen LogP contribution in [0.3, 0.4) is 0 Å². The lowest BCUT2D eigenvalue weighted by Crippen LogP contribution is -2.32. The lowest BCUT2D eigenvalue weighted by molar-refractivity contribution is -0.132. The van der Waals surface area contributed by atoms with Gasteiger partial charge in [0.05, 0.1) is 0 Å². The number of ether oxygens (including phenoxy) is 1. The van der Waals surface area contributed by atoms with E-state index >= 15 is 0 Å². The minimum absolute atomic E-state index is 0.110. The van der Waals surface area contributed by atoms with Gasteiger partial charge in [0.2, 0.25) is 0 Å². The summed E-state index contributed by atoms with van der Waals surface area (Å²) in [5, 5.41) is 3.37. The van der Waals surface area contributed by atoms with Crippen LogP contribution in [0.1, 0.15) is 24.8 Å². The van der Waals surface area contributed by atoms with Crippen molar-refractivity contribution in [3.63, 3.8) is 0 Å². The van der Waals surface area contributed by atoms with Crippen LogP contribution in [0.5, 0.6) is 5.75 Å². The average Bonchev–Trinajstić information content (AvgIpc) is 2.99. The molecule has 102 valence electrons. The molecule has 0 spiro atoms. The van der Waals surface area contributed by atoms with Gasteiger partial charge in [-0.15, -0.1) is 0 Å². The lowest BCUT2D eigenvalue weighted by atomic mass is 10.0. The van der Waals surface area contributed by atoms with Crippen molar-refractivity contribution >= 4 is 11.6 Å². The van der Waals surface area contributed by atoms with Gasteiger partial charge in [-0.1, -0.05) is 6.07 Å². The molecule has 0 bridgehead atoms. The molecule has 0 aromatic heterocycles. The van der Waals surface area contributed by atoms with Crippen molar-refractivity contribution in [1.82, 2.24) is 4.90 Å². The molecule has 0 aliphatic carbocycles. The summed E-state index contributed by atoms with van der Waals surface area (Å²) in [5.41, 5.74) is 2.36. The number of hydrogen-bond donors (Lipinski definition) is 1. The highest BCUT2D eigenvalue weighted by molar-refractivity contribution is 5.78. The third kappa shape index (κ3) is 2.67. The van der Waals surface area contributed by atoms with Gasteiger partial charge >= 0.3 is 0 Å². The SMILES string of the molecule is O=C(COc1cccc2c1CCCN2)N1CCCC1. The highest BCUT2D eigenvalue weighted by atomic mass is 16.5. The van der Waals surface area contributed by atoms with Gasteiger partial charge in [-0.2, -0.15) is 0 Å². The number of carbonyl (C=O) groups excluding carboxylic acids is 1. The molecule has 0 unspecified atom stereocenters. The van der Waals surface area contributed by atoms with Crippen LogP contribution in [-0.4, -0.2) is 37.0 Å². The van der Waals surface area contributed by atoms with Crippen molar-refractivity contribution in [2.24, 2.45) is 0 Å². The molecule has 0 atom stereocenters. The third-order valence-corrected chi connectivity index (χ3v) is 3.86. The molecule has 4 heteroatoms. The summed E-state index contributed by atoms with van der Waals surface area (Å²) in [6.07, 6.45) is 4.39. The second-order valence-corrected chi connectivity index (χ2v) is 5.19. The molecule has 1 aromatic rings. The molecule has 2 heterocycles. The molecule has 1 amide bonds. The van der Waals surface area contributed by atoms with Crippen LogP contribution in [0.25, 0.3) is 0 Å². The fourth-order valence-electron chi connectivity index (χ4n) is 2.81. The third-order valence-electron chi connectivity index (χ3n) is 3.86. The van der Waals surface area contributed by atoms with E-state index in [1.54, 1.807) is 0 Å². The Balaban J connectivity index is 1.65. The molecule has 4 nitrogen and oxygen atoms in total. The zero-order valence-corrected chi connectivity index (χ0v) is 11.2. The minimum Gasteiger partial charge on any atom is -0.483 e. The molecular formula is C15H20N2O2. The van der Waals surface area contributed by atoms with Crippen molar-refractivity contribution in [3.05, 3.63) is 23.8 Å². The Morgan fingerprint density at radius 3 is 2.95 bits per heavy atom. The Morgan fingerprint density at radius 2 is 2.11 bits per heavy atom. The second-order valence-electron chi connectivity index (χ2n) is 5.19. The van der Waals surface area contributed by atoms with Crippen molar-refractivity contribution < 1.29 is 9.53 Å². The summed E-state index contributed by atoms with van der Waals surface area (Å²) in [6, 6.07) is 6.01. The molecule has 1 saturated heterocycles. The van der Waals surface area contributed by atoms with E-state index < -0.39 is 0 Å². The lowest BCUT2D eigenvalue weighted by Gasteiger charge is -2.21. The number of nitrogens with zero attached hydrogens (tertiary/aromatic N) is 1. The van der Waals surface area contributed by atoms with E-state index in [9.17, 15) is 4.79 Å². The van der Waals surface area contributed by atoms with Crippen molar-refractivity contribution in [2.45, 2.75) is 25.7 Å². The maximum atomic E-state index is 12.0. The standard InChI is InChI=1S/C15H20N2O2/c18-15(17-9-1-2-10-17)11-19-14-7-3-6-13-12(14)5-4-8-16-13/h3,6-7,16H,1-2,4-5,8-11H2. The fraction of sp³-hybridized carbons (Fsp3) is 0.533. The van der Waals surface area contributed by atoms with E-state index in [0.717, 1.165) is 56.8 Å². The quantitative estimate of drug-likeness (QED) is 0.904. The number of rotatable bonds is 3. The highest BCUT2D eigenvalue weighted by Crippen LogP contribution is 2.30. The van der Waals surface area contributed by atoms with Crippen LogP contribution in [0.4, 0.5) is 5.69 Å². The van der Waals surface area contributed by atoms with Gasteiger partial charge in [0.25, 0.3) is 5.91 Å². The van der Waals surface area contributed by atoms with E-state index in [1.807, 2.05) is 17.0 Å². The predicted molar refractivity (Wildman–Crippen MR) is 74.6 cm³/mol. The molecule has 2 aliphatic rings. The fourth-order valence-corrected chi connectivity index (χ4v) is 2.81. The van der Waals surface area contributed by atoms with Gasteiger partial charge in [0.1, 0.15) is 5.75 Å². The first-order valence-corrected chi connectivity index (χ1v) is 7.11. The highest BCUT2D eigenvalue weighted by Gasteiger charge is 2.19. The Morgan fingerprint density at radius 1 is 1.26 bits per heavy atom. The Labute approximate surface area is 113 Å². The number of nitrogens with one attached hydrogen (secondary N) is 1. The summed E-state index contributed by atoms with van der Waals surface area (Å²) < 4.78 is 5.75. The molecule has 19 heavy (non-hydrogen) atoms. The topological polar surface area (TPSA) is 41.6 Å². The van der Waals surface area contributed by atoms with Crippen molar-refractivity contribution in [1.29, 1.82) is 0 Å². The smallest absolute Gasteiger partial charge is 0.260 e.